The molecule has 1 amide bonds. The van der Waals surface area contributed by atoms with Gasteiger partial charge in [-0.3, -0.25) is 9.78 Å². The maximum absolute atomic E-state index is 15.5. The van der Waals surface area contributed by atoms with Gasteiger partial charge in [0.25, 0.3) is 5.91 Å². The fourth-order valence-electron chi connectivity index (χ4n) is 4.56. The number of halogens is 6. The van der Waals surface area contributed by atoms with Crippen LogP contribution in [0.4, 0.5) is 34.6 Å². The fourth-order valence-corrected chi connectivity index (χ4v) is 4.56. The van der Waals surface area contributed by atoms with Crippen molar-refractivity contribution in [2.45, 2.75) is 19.4 Å². The second-order valence-corrected chi connectivity index (χ2v) is 9.32. The van der Waals surface area contributed by atoms with E-state index in [1.54, 1.807) is 26.4 Å². The van der Waals surface area contributed by atoms with E-state index in [0.717, 1.165) is 30.7 Å². The van der Waals surface area contributed by atoms with Gasteiger partial charge in [-0.15, -0.1) is 24.8 Å². The van der Waals surface area contributed by atoms with Crippen molar-refractivity contribution in [3.63, 3.8) is 0 Å². The van der Waals surface area contributed by atoms with Gasteiger partial charge in [-0.2, -0.15) is 0 Å². The second kappa shape index (κ2) is 12.6. The Bertz CT molecular complexity index is 1280. The molecule has 2 heterocycles. The molecule has 0 spiro atoms. The summed E-state index contributed by atoms with van der Waals surface area (Å²) in [5.41, 5.74) is 4.89. The zero-order chi connectivity index (χ0) is 26.1. The van der Waals surface area contributed by atoms with Crippen LogP contribution in [0.2, 0.25) is 0 Å². The predicted molar refractivity (Wildman–Crippen MR) is 147 cm³/mol. The Hall–Kier alpha value is -3.08. The quantitative estimate of drug-likeness (QED) is 0.386. The summed E-state index contributed by atoms with van der Waals surface area (Å²) in [6.45, 7) is 3.34. The monoisotopic (exact) mass is 573 g/mol. The second-order valence-electron chi connectivity index (χ2n) is 9.32. The summed E-state index contributed by atoms with van der Waals surface area (Å²) in [7, 11) is 3.15. The predicted octanol–water partition coefficient (Wildman–Crippen LogP) is 5.64. The van der Waals surface area contributed by atoms with Gasteiger partial charge in [0.1, 0.15) is 23.3 Å². The smallest absolute Gasteiger partial charge is 0.258 e. The summed E-state index contributed by atoms with van der Waals surface area (Å²) in [6.07, 6.45) is 3.85. The van der Waals surface area contributed by atoms with Crippen molar-refractivity contribution in [3.8, 4) is 11.1 Å². The SMILES string of the molecule is C[C@@H]1C[C@H](N)CN(c2ccncc2NC(=O)c2ccc(F)c(-c3c(F)cc(N(C)C)cc3F)c2F)C1.Cl.Cl. The van der Waals surface area contributed by atoms with Crippen LogP contribution in [0.1, 0.15) is 23.7 Å². The lowest BCUT2D eigenvalue weighted by Gasteiger charge is -2.37. The zero-order valence-corrected chi connectivity index (χ0v) is 22.6. The molecule has 2 atom stereocenters. The van der Waals surface area contributed by atoms with E-state index in [1.165, 1.54) is 11.1 Å². The number of pyridine rings is 1. The van der Waals surface area contributed by atoms with Gasteiger partial charge in [-0.25, -0.2) is 17.6 Å². The molecule has 0 saturated carbocycles. The van der Waals surface area contributed by atoms with Crippen LogP contribution in [0, 0.1) is 29.2 Å². The van der Waals surface area contributed by atoms with E-state index in [1.807, 2.05) is 4.90 Å². The van der Waals surface area contributed by atoms with Crippen molar-refractivity contribution in [3.05, 3.63) is 71.6 Å². The van der Waals surface area contributed by atoms with Crippen LogP contribution in [0.3, 0.4) is 0 Å². The molecule has 12 heteroatoms. The van der Waals surface area contributed by atoms with E-state index in [4.69, 9.17) is 5.73 Å². The van der Waals surface area contributed by atoms with Gasteiger partial charge in [0, 0.05) is 45.1 Å². The molecule has 3 aromatic rings. The summed E-state index contributed by atoms with van der Waals surface area (Å²) < 4.78 is 59.7. The van der Waals surface area contributed by atoms with E-state index >= 15 is 4.39 Å². The molecule has 6 nitrogen and oxygen atoms in total. The lowest BCUT2D eigenvalue weighted by Crippen LogP contribution is -2.46. The van der Waals surface area contributed by atoms with Gasteiger partial charge in [0.05, 0.1) is 34.3 Å². The molecule has 4 rings (SSSR count). The van der Waals surface area contributed by atoms with Gasteiger partial charge in [0.2, 0.25) is 0 Å². The molecular weight excluding hydrogens is 545 g/mol. The minimum atomic E-state index is -1.37. The molecule has 1 fully saturated rings. The number of hydrogen-bond acceptors (Lipinski definition) is 5. The topological polar surface area (TPSA) is 74.5 Å². The number of aromatic nitrogens is 1. The van der Waals surface area contributed by atoms with E-state index in [0.29, 0.717) is 30.4 Å². The zero-order valence-electron chi connectivity index (χ0n) is 21.0. The van der Waals surface area contributed by atoms with Crippen molar-refractivity contribution >= 4 is 47.8 Å². The highest BCUT2D eigenvalue weighted by Crippen LogP contribution is 2.35. The molecule has 206 valence electrons. The van der Waals surface area contributed by atoms with E-state index in [-0.39, 0.29) is 36.5 Å². The third kappa shape index (κ3) is 6.31. The number of piperidine rings is 1. The van der Waals surface area contributed by atoms with Crippen molar-refractivity contribution in [2.24, 2.45) is 11.7 Å². The molecule has 0 radical (unpaired) electrons. The summed E-state index contributed by atoms with van der Waals surface area (Å²) in [6, 6.07) is 5.34. The van der Waals surface area contributed by atoms with Crippen LogP contribution in [0.15, 0.2) is 42.7 Å². The molecule has 38 heavy (non-hydrogen) atoms. The first-order valence-electron chi connectivity index (χ1n) is 11.5. The summed E-state index contributed by atoms with van der Waals surface area (Å²) in [5.74, 6) is -5.47. The molecular formula is C26H29Cl2F4N5O. The molecule has 1 aromatic heterocycles. The number of carbonyl (C=O) groups excluding carboxylic acids is 1. The normalized spacial score (nSPS) is 16.8. The lowest BCUT2D eigenvalue weighted by molar-refractivity contribution is 0.102. The molecule has 2 aromatic carbocycles. The third-order valence-corrected chi connectivity index (χ3v) is 6.21. The molecule has 1 saturated heterocycles. The summed E-state index contributed by atoms with van der Waals surface area (Å²) in [4.78, 5) is 20.6. The Morgan fingerprint density at radius 2 is 1.68 bits per heavy atom. The number of anilines is 3. The molecule has 3 N–H and O–H groups in total. The van der Waals surface area contributed by atoms with Crippen LogP contribution in [0.25, 0.3) is 11.1 Å². The summed E-state index contributed by atoms with van der Waals surface area (Å²) in [5, 5.41) is 2.61. The minimum Gasteiger partial charge on any atom is -0.377 e. The van der Waals surface area contributed by atoms with E-state index in [9.17, 15) is 18.0 Å². The van der Waals surface area contributed by atoms with Crippen LogP contribution < -0.4 is 20.9 Å². The van der Waals surface area contributed by atoms with Crippen molar-refractivity contribution < 1.29 is 22.4 Å². The largest absolute Gasteiger partial charge is 0.377 e. The number of nitrogens with zero attached hydrogens (tertiary/aromatic N) is 3. The van der Waals surface area contributed by atoms with E-state index in [2.05, 4.69) is 17.2 Å². The first kappa shape index (κ1) is 31.1. The Morgan fingerprint density at radius 1 is 1.03 bits per heavy atom. The third-order valence-electron chi connectivity index (χ3n) is 6.21. The molecule has 0 aliphatic carbocycles. The number of amides is 1. The standard InChI is InChI=1S/C26H27F4N5O.2ClH/c1-14-8-15(31)13-35(12-14)22-6-7-32-11-21(22)33-26(36)17-4-5-18(27)24(25(17)30)23-19(28)9-16(34(2)3)10-20(23)29;;/h4-7,9-11,14-15H,8,12-13,31H2,1-3H3,(H,33,36);2*1H/t14-,15+;;/m1../s1. The minimum absolute atomic E-state index is 0. The van der Waals surface area contributed by atoms with Crippen LogP contribution in [-0.2, 0) is 0 Å². The first-order valence-corrected chi connectivity index (χ1v) is 11.5. The van der Waals surface area contributed by atoms with Gasteiger partial charge in [-0.05, 0) is 42.7 Å². The number of hydrogen-bond donors (Lipinski definition) is 2. The highest BCUT2D eigenvalue weighted by molar-refractivity contribution is 6.06. The Morgan fingerprint density at radius 3 is 2.29 bits per heavy atom. The Labute approximate surface area is 231 Å². The average molecular weight is 574 g/mol. The van der Waals surface area contributed by atoms with Crippen LogP contribution in [0.5, 0.6) is 0 Å². The Balaban J connectivity index is 0.00000253. The highest BCUT2D eigenvalue weighted by Gasteiger charge is 2.27. The first-order chi connectivity index (χ1) is 17.1. The number of carbonyl (C=O) groups is 1. The van der Waals surface area contributed by atoms with E-state index < -0.39 is 45.9 Å². The fraction of sp³-hybridized carbons (Fsp3) is 0.308. The maximum atomic E-state index is 15.5. The number of nitrogens with two attached hydrogens (primary N) is 1. The van der Waals surface area contributed by atoms with Gasteiger partial charge >= 0.3 is 0 Å². The highest BCUT2D eigenvalue weighted by atomic mass is 35.5. The summed E-state index contributed by atoms with van der Waals surface area (Å²) >= 11 is 0. The van der Waals surface area contributed by atoms with Crippen molar-refractivity contribution in [1.82, 2.24) is 4.98 Å². The number of benzene rings is 2. The number of nitrogens with one attached hydrogen (secondary N) is 1. The Kier molecular flexibility index (Phi) is 10.4. The molecule has 1 aliphatic rings. The molecule has 0 bridgehead atoms. The maximum Gasteiger partial charge on any atom is 0.258 e. The van der Waals surface area contributed by atoms with Gasteiger partial charge in [-0.1, -0.05) is 6.92 Å². The van der Waals surface area contributed by atoms with Crippen molar-refractivity contribution in [1.29, 1.82) is 0 Å². The molecule has 0 unspecified atom stereocenters. The van der Waals surface area contributed by atoms with Crippen LogP contribution in [-0.4, -0.2) is 44.1 Å². The lowest BCUT2D eigenvalue weighted by atomic mass is 9.96. The van der Waals surface area contributed by atoms with Crippen LogP contribution >= 0.6 is 24.8 Å². The molecule has 1 aliphatic heterocycles. The average Bonchev–Trinajstić information content (AvgIpc) is 2.80. The van der Waals surface area contributed by atoms with Crippen molar-refractivity contribution in [2.75, 3.05) is 42.3 Å². The van der Waals surface area contributed by atoms with Gasteiger partial charge in [0.15, 0.2) is 0 Å². The van der Waals surface area contributed by atoms with Gasteiger partial charge < -0.3 is 20.9 Å². The number of rotatable bonds is 5.